The summed E-state index contributed by atoms with van der Waals surface area (Å²) in [4.78, 5) is 10.4. The smallest absolute Gasteiger partial charge is 0.116 e. The maximum Gasteiger partial charge on any atom is 0.116 e. The van der Waals surface area contributed by atoms with Gasteiger partial charge in [0.1, 0.15) is 6.33 Å². The van der Waals surface area contributed by atoms with Crippen LogP contribution in [0.1, 0.15) is 0 Å². The highest BCUT2D eigenvalue weighted by Gasteiger charge is 2.15. The van der Waals surface area contributed by atoms with E-state index in [0.717, 1.165) is 23.3 Å². The molecule has 1 aliphatic heterocycles. The van der Waals surface area contributed by atoms with E-state index < -0.39 is 0 Å². The number of nitrogens with zero attached hydrogens (tertiary/aromatic N) is 3. The lowest BCUT2D eigenvalue weighted by atomic mass is 10.2. The predicted octanol–water partition coefficient (Wildman–Crippen LogP) is 1.45. The van der Waals surface area contributed by atoms with E-state index in [1.54, 1.807) is 6.33 Å². The van der Waals surface area contributed by atoms with Gasteiger partial charge in [0.25, 0.3) is 0 Å². The maximum absolute atomic E-state index is 4.23. The van der Waals surface area contributed by atoms with Gasteiger partial charge in [-0.05, 0) is 12.1 Å². The Labute approximate surface area is 81.6 Å². The summed E-state index contributed by atoms with van der Waals surface area (Å²) in [5.41, 5.74) is 3.36. The third-order valence-corrected chi connectivity index (χ3v) is 2.54. The molecule has 0 bridgehead atoms. The van der Waals surface area contributed by atoms with Crippen molar-refractivity contribution in [2.45, 2.75) is 0 Å². The molecule has 1 aromatic carbocycles. The Kier molecular flexibility index (Phi) is 1.39. The molecule has 1 aromatic heterocycles. The van der Waals surface area contributed by atoms with Crippen LogP contribution in [0.5, 0.6) is 0 Å². The minimum atomic E-state index is 0.860. The Bertz CT molecular complexity index is 494. The second-order valence-electron chi connectivity index (χ2n) is 3.48. The van der Waals surface area contributed by atoms with E-state index in [-0.39, 0.29) is 0 Å². The first-order valence-electron chi connectivity index (χ1n) is 4.53. The van der Waals surface area contributed by atoms with E-state index in [0.29, 0.717) is 0 Å². The second kappa shape index (κ2) is 2.57. The highest BCUT2D eigenvalue weighted by atomic mass is 15.3. The number of benzene rings is 1. The van der Waals surface area contributed by atoms with Crippen molar-refractivity contribution in [3.63, 3.8) is 0 Å². The Hall–Kier alpha value is -1.84. The summed E-state index contributed by atoms with van der Waals surface area (Å²) in [5.74, 6) is 0. The molecule has 1 N–H and O–H groups in total. The summed E-state index contributed by atoms with van der Waals surface area (Å²) in [7, 11) is 2.06. The van der Waals surface area contributed by atoms with Gasteiger partial charge in [-0.25, -0.2) is 9.97 Å². The van der Waals surface area contributed by atoms with Crippen LogP contribution >= 0.6 is 0 Å². The zero-order chi connectivity index (χ0) is 9.54. The highest BCUT2D eigenvalue weighted by molar-refractivity contribution is 5.91. The van der Waals surface area contributed by atoms with Gasteiger partial charge in [0.15, 0.2) is 0 Å². The van der Waals surface area contributed by atoms with Gasteiger partial charge >= 0.3 is 0 Å². The van der Waals surface area contributed by atoms with Crippen LogP contribution in [0.15, 0.2) is 24.7 Å². The van der Waals surface area contributed by atoms with Crippen molar-refractivity contribution in [2.75, 3.05) is 23.9 Å². The van der Waals surface area contributed by atoms with Crippen LogP contribution in [0.3, 0.4) is 0 Å². The molecule has 4 heteroatoms. The van der Waals surface area contributed by atoms with Gasteiger partial charge in [-0.2, -0.15) is 0 Å². The lowest BCUT2D eigenvalue weighted by Gasteiger charge is -2.09. The van der Waals surface area contributed by atoms with Gasteiger partial charge in [-0.1, -0.05) is 0 Å². The van der Waals surface area contributed by atoms with Crippen LogP contribution in [0.4, 0.5) is 11.4 Å². The Morgan fingerprint density at radius 1 is 1.43 bits per heavy atom. The molecular formula is C10H10N4. The minimum absolute atomic E-state index is 0.860. The summed E-state index contributed by atoms with van der Waals surface area (Å²) in [6.07, 6.45) is 3.42. The average Bonchev–Trinajstić information content (AvgIpc) is 2.57. The fourth-order valence-electron chi connectivity index (χ4n) is 1.76. The average molecular weight is 186 g/mol. The lowest BCUT2D eigenvalue weighted by Crippen LogP contribution is -2.15. The molecule has 1 aliphatic rings. The van der Waals surface area contributed by atoms with Crippen LogP contribution in [-0.4, -0.2) is 23.7 Å². The first-order chi connectivity index (χ1) is 6.84. The lowest BCUT2D eigenvalue weighted by molar-refractivity contribution is 1.03. The third-order valence-electron chi connectivity index (χ3n) is 2.54. The Morgan fingerprint density at radius 2 is 2.36 bits per heavy atom. The minimum Gasteiger partial charge on any atom is -0.366 e. The summed E-state index contributed by atoms with van der Waals surface area (Å²) in [6, 6.07) is 4.18. The number of hydrogen-bond donors (Lipinski definition) is 1. The van der Waals surface area contributed by atoms with Crippen molar-refractivity contribution in [3.05, 3.63) is 24.7 Å². The molecule has 0 fully saturated rings. The van der Waals surface area contributed by atoms with Gasteiger partial charge in [-0.15, -0.1) is 0 Å². The molecule has 3 rings (SSSR count). The fourth-order valence-corrected chi connectivity index (χ4v) is 1.76. The molecule has 0 radical (unpaired) electrons. The monoisotopic (exact) mass is 186 g/mol. The fraction of sp³-hybridized carbons (Fsp3) is 0.200. The van der Waals surface area contributed by atoms with Crippen molar-refractivity contribution in [1.29, 1.82) is 0 Å². The molecule has 70 valence electrons. The molecule has 0 atom stereocenters. The Morgan fingerprint density at radius 3 is 3.29 bits per heavy atom. The molecule has 4 nitrogen and oxygen atoms in total. The Balaban J connectivity index is 2.33. The van der Waals surface area contributed by atoms with E-state index in [9.17, 15) is 0 Å². The van der Waals surface area contributed by atoms with Crippen LogP contribution < -0.4 is 10.2 Å². The number of fused-ring (bicyclic) bond motifs is 2. The molecule has 0 saturated carbocycles. The van der Waals surface area contributed by atoms with Crippen molar-refractivity contribution >= 4 is 22.3 Å². The standard InChI is InChI=1S/C10H10N4/c1-14-6-13-9-2-7-4-11-5-12-8(7)3-10(9)14/h2-5,13H,6H2,1H3. The van der Waals surface area contributed by atoms with Crippen LogP contribution in [-0.2, 0) is 0 Å². The number of aromatic nitrogens is 2. The molecule has 0 spiro atoms. The van der Waals surface area contributed by atoms with E-state index in [1.165, 1.54) is 5.69 Å². The molecule has 0 saturated heterocycles. The van der Waals surface area contributed by atoms with Gasteiger partial charge < -0.3 is 10.2 Å². The molecule has 0 amide bonds. The highest BCUT2D eigenvalue weighted by Crippen LogP contribution is 2.33. The second-order valence-corrected chi connectivity index (χ2v) is 3.48. The third kappa shape index (κ3) is 0.937. The number of anilines is 2. The topological polar surface area (TPSA) is 41.0 Å². The van der Waals surface area contributed by atoms with Crippen molar-refractivity contribution < 1.29 is 0 Å². The van der Waals surface area contributed by atoms with E-state index in [2.05, 4.69) is 39.4 Å². The summed E-state index contributed by atoms with van der Waals surface area (Å²) in [6.45, 7) is 0.860. The predicted molar refractivity (Wildman–Crippen MR) is 56.4 cm³/mol. The van der Waals surface area contributed by atoms with Crippen LogP contribution in [0.25, 0.3) is 10.9 Å². The van der Waals surface area contributed by atoms with E-state index >= 15 is 0 Å². The number of nitrogens with one attached hydrogen (secondary N) is 1. The van der Waals surface area contributed by atoms with Crippen LogP contribution in [0, 0.1) is 0 Å². The first-order valence-corrected chi connectivity index (χ1v) is 4.53. The molecule has 0 unspecified atom stereocenters. The number of rotatable bonds is 0. The normalized spacial score (nSPS) is 14.2. The summed E-state index contributed by atoms with van der Waals surface area (Å²) < 4.78 is 0. The zero-order valence-electron chi connectivity index (χ0n) is 7.86. The van der Waals surface area contributed by atoms with Gasteiger partial charge in [0.2, 0.25) is 0 Å². The van der Waals surface area contributed by atoms with Gasteiger partial charge in [0, 0.05) is 18.6 Å². The molecule has 14 heavy (non-hydrogen) atoms. The quantitative estimate of drug-likeness (QED) is 0.676. The van der Waals surface area contributed by atoms with Crippen LogP contribution in [0.2, 0.25) is 0 Å². The molecule has 2 heterocycles. The molecule has 0 aliphatic carbocycles. The van der Waals surface area contributed by atoms with Crippen molar-refractivity contribution in [3.8, 4) is 0 Å². The molecule has 2 aromatic rings. The zero-order valence-corrected chi connectivity index (χ0v) is 7.86. The summed E-state index contributed by atoms with van der Waals surface area (Å²) >= 11 is 0. The maximum atomic E-state index is 4.23. The number of hydrogen-bond acceptors (Lipinski definition) is 4. The van der Waals surface area contributed by atoms with E-state index in [4.69, 9.17) is 0 Å². The van der Waals surface area contributed by atoms with Gasteiger partial charge in [-0.3, -0.25) is 0 Å². The first kappa shape index (κ1) is 7.55. The van der Waals surface area contributed by atoms with E-state index in [1.807, 2.05) is 6.20 Å². The summed E-state index contributed by atoms with van der Waals surface area (Å²) in [5, 5.41) is 4.39. The SMILES string of the molecule is CN1CNc2cc3cncnc3cc21. The van der Waals surface area contributed by atoms with Crippen molar-refractivity contribution in [2.24, 2.45) is 0 Å². The van der Waals surface area contributed by atoms with Gasteiger partial charge in [0.05, 0.1) is 23.6 Å². The molecular weight excluding hydrogens is 176 g/mol. The van der Waals surface area contributed by atoms with Crippen molar-refractivity contribution in [1.82, 2.24) is 9.97 Å². The largest absolute Gasteiger partial charge is 0.366 e.